The average molecular weight is 368 g/mol. The fraction of sp³-hybridized carbons (Fsp3) is 0.409. The summed E-state index contributed by atoms with van der Waals surface area (Å²) >= 11 is 0. The van der Waals surface area contributed by atoms with Crippen molar-refractivity contribution >= 4 is 11.8 Å². The Morgan fingerprint density at radius 3 is 2.63 bits per heavy atom. The van der Waals surface area contributed by atoms with E-state index < -0.39 is 6.09 Å². The van der Waals surface area contributed by atoms with Crippen LogP contribution in [0.2, 0.25) is 0 Å². The number of amides is 1. The lowest BCUT2D eigenvalue weighted by atomic mass is 9.93. The van der Waals surface area contributed by atoms with Gasteiger partial charge in [-0.05, 0) is 56.7 Å². The van der Waals surface area contributed by atoms with Gasteiger partial charge in [0.2, 0.25) is 0 Å². The first-order chi connectivity index (χ1) is 13.1. The Labute approximate surface area is 159 Å². The Kier molecular flexibility index (Phi) is 5.12. The second kappa shape index (κ2) is 7.69. The number of piperidine rings is 1. The molecule has 0 saturated carbocycles. The van der Waals surface area contributed by atoms with Crippen LogP contribution in [0.3, 0.4) is 0 Å². The molecule has 4 nitrogen and oxygen atoms in total. The summed E-state index contributed by atoms with van der Waals surface area (Å²) in [4.78, 5) is 12.3. The van der Waals surface area contributed by atoms with Crippen molar-refractivity contribution in [3.8, 4) is 11.1 Å². The molecule has 2 aromatic carbocycles. The van der Waals surface area contributed by atoms with Gasteiger partial charge in [0.25, 0.3) is 0 Å². The molecule has 2 aliphatic rings. The Bertz CT molecular complexity index is 827. The topological polar surface area (TPSA) is 50.4 Å². The SMILES string of the molecule is Cc1ccc(NC(=O)OCC2CC3CCC(C2)N3)c(-c2ccccc2F)c1. The van der Waals surface area contributed by atoms with E-state index in [-0.39, 0.29) is 5.82 Å². The van der Waals surface area contributed by atoms with Crippen molar-refractivity contribution in [1.29, 1.82) is 0 Å². The van der Waals surface area contributed by atoms with E-state index in [9.17, 15) is 9.18 Å². The van der Waals surface area contributed by atoms with Gasteiger partial charge in [0, 0.05) is 23.2 Å². The number of carbonyl (C=O) groups excluding carboxylic acids is 1. The summed E-state index contributed by atoms with van der Waals surface area (Å²) in [5, 5.41) is 6.39. The van der Waals surface area contributed by atoms with E-state index in [0.717, 1.165) is 18.4 Å². The molecular formula is C22H25FN2O2. The monoisotopic (exact) mass is 368 g/mol. The summed E-state index contributed by atoms with van der Waals surface area (Å²) in [5.74, 6) is 0.100. The van der Waals surface area contributed by atoms with E-state index in [4.69, 9.17) is 4.74 Å². The van der Waals surface area contributed by atoms with Gasteiger partial charge in [-0.3, -0.25) is 5.32 Å². The van der Waals surface area contributed by atoms with Gasteiger partial charge in [-0.15, -0.1) is 0 Å². The number of nitrogens with one attached hydrogen (secondary N) is 2. The normalized spacial score (nSPS) is 23.9. The quantitative estimate of drug-likeness (QED) is 0.809. The third kappa shape index (κ3) is 4.14. The molecule has 1 amide bonds. The van der Waals surface area contributed by atoms with Crippen LogP contribution < -0.4 is 10.6 Å². The number of anilines is 1. The van der Waals surface area contributed by atoms with Crippen LogP contribution in [0, 0.1) is 18.7 Å². The largest absolute Gasteiger partial charge is 0.449 e. The number of rotatable bonds is 4. The highest BCUT2D eigenvalue weighted by atomic mass is 19.1. The van der Waals surface area contributed by atoms with Crippen LogP contribution in [-0.2, 0) is 4.74 Å². The van der Waals surface area contributed by atoms with E-state index in [0.29, 0.717) is 41.4 Å². The van der Waals surface area contributed by atoms with Crippen molar-refractivity contribution in [2.24, 2.45) is 5.92 Å². The molecule has 2 unspecified atom stereocenters. The molecule has 2 N–H and O–H groups in total. The van der Waals surface area contributed by atoms with Crippen LogP contribution in [-0.4, -0.2) is 24.8 Å². The van der Waals surface area contributed by atoms with Crippen LogP contribution >= 0.6 is 0 Å². The van der Waals surface area contributed by atoms with Crippen molar-refractivity contribution in [3.63, 3.8) is 0 Å². The van der Waals surface area contributed by atoms with Crippen LogP contribution in [0.4, 0.5) is 14.9 Å². The maximum absolute atomic E-state index is 14.2. The zero-order valence-electron chi connectivity index (χ0n) is 15.5. The summed E-state index contributed by atoms with van der Waals surface area (Å²) < 4.78 is 19.7. The van der Waals surface area contributed by atoms with Crippen molar-refractivity contribution in [2.75, 3.05) is 11.9 Å². The van der Waals surface area contributed by atoms with Gasteiger partial charge in [-0.25, -0.2) is 9.18 Å². The Morgan fingerprint density at radius 2 is 1.89 bits per heavy atom. The first-order valence-corrected chi connectivity index (χ1v) is 9.64. The number of ether oxygens (including phenoxy) is 1. The fourth-order valence-corrected chi connectivity index (χ4v) is 4.32. The molecule has 0 aromatic heterocycles. The van der Waals surface area contributed by atoms with Crippen molar-refractivity contribution in [1.82, 2.24) is 5.32 Å². The Balaban J connectivity index is 1.43. The Hall–Kier alpha value is -2.40. The summed E-state index contributed by atoms with van der Waals surface area (Å²) in [6.07, 6.45) is 4.09. The van der Waals surface area contributed by atoms with Crippen LogP contribution in [0.1, 0.15) is 31.2 Å². The number of carbonyl (C=O) groups is 1. The first kappa shape index (κ1) is 18.0. The van der Waals surface area contributed by atoms with Crippen LogP contribution in [0.5, 0.6) is 0 Å². The highest BCUT2D eigenvalue weighted by molar-refractivity contribution is 5.91. The van der Waals surface area contributed by atoms with Gasteiger partial charge in [-0.2, -0.15) is 0 Å². The van der Waals surface area contributed by atoms with Crippen LogP contribution in [0.15, 0.2) is 42.5 Å². The molecule has 2 aliphatic heterocycles. The molecule has 2 heterocycles. The molecule has 2 atom stereocenters. The zero-order chi connectivity index (χ0) is 18.8. The maximum atomic E-state index is 14.2. The predicted molar refractivity (Wildman–Crippen MR) is 104 cm³/mol. The molecule has 2 saturated heterocycles. The number of aryl methyl sites for hydroxylation is 1. The molecule has 5 heteroatoms. The van der Waals surface area contributed by atoms with Gasteiger partial charge < -0.3 is 10.1 Å². The van der Waals surface area contributed by atoms with Gasteiger partial charge in [0.1, 0.15) is 5.82 Å². The molecule has 2 fully saturated rings. The minimum atomic E-state index is -0.484. The van der Waals surface area contributed by atoms with Crippen molar-refractivity contribution in [2.45, 2.75) is 44.7 Å². The summed E-state index contributed by atoms with van der Waals surface area (Å²) in [5.41, 5.74) is 2.68. The molecule has 27 heavy (non-hydrogen) atoms. The molecular weight excluding hydrogens is 343 g/mol. The smallest absolute Gasteiger partial charge is 0.411 e. The summed E-state index contributed by atoms with van der Waals surface area (Å²) in [6.45, 7) is 2.37. The van der Waals surface area contributed by atoms with Crippen molar-refractivity contribution in [3.05, 3.63) is 53.8 Å². The van der Waals surface area contributed by atoms with E-state index in [1.807, 2.05) is 19.1 Å². The highest BCUT2D eigenvalue weighted by Crippen LogP contribution is 2.32. The van der Waals surface area contributed by atoms with Gasteiger partial charge in [0.15, 0.2) is 0 Å². The van der Waals surface area contributed by atoms with E-state index >= 15 is 0 Å². The van der Waals surface area contributed by atoms with E-state index in [1.54, 1.807) is 24.3 Å². The lowest BCUT2D eigenvalue weighted by Crippen LogP contribution is -2.39. The maximum Gasteiger partial charge on any atom is 0.411 e. The third-order valence-corrected chi connectivity index (χ3v) is 5.60. The highest BCUT2D eigenvalue weighted by Gasteiger charge is 2.33. The third-order valence-electron chi connectivity index (χ3n) is 5.60. The van der Waals surface area contributed by atoms with Crippen LogP contribution in [0.25, 0.3) is 11.1 Å². The molecule has 0 radical (unpaired) electrons. The molecule has 0 aliphatic carbocycles. The number of hydrogen-bond acceptors (Lipinski definition) is 3. The van der Waals surface area contributed by atoms with E-state index in [2.05, 4.69) is 10.6 Å². The number of halogens is 1. The molecule has 0 spiro atoms. The first-order valence-electron chi connectivity index (χ1n) is 9.64. The van der Waals surface area contributed by atoms with E-state index in [1.165, 1.54) is 18.9 Å². The number of benzene rings is 2. The predicted octanol–water partition coefficient (Wildman–Crippen LogP) is 4.88. The molecule has 4 rings (SSSR count). The fourth-order valence-electron chi connectivity index (χ4n) is 4.32. The van der Waals surface area contributed by atoms with Gasteiger partial charge in [-0.1, -0.05) is 29.8 Å². The Morgan fingerprint density at radius 1 is 1.15 bits per heavy atom. The second-order valence-corrected chi connectivity index (χ2v) is 7.73. The number of fused-ring (bicyclic) bond motifs is 2. The standard InChI is InChI=1S/C22H25FN2O2/c1-14-6-9-21(19(10-14)18-4-2-3-5-20(18)23)25-22(26)27-13-15-11-16-7-8-17(12-15)24-16/h2-6,9-10,15-17,24H,7-8,11-13H2,1H3,(H,25,26). The minimum absolute atomic E-state index is 0.315. The molecule has 2 bridgehead atoms. The molecule has 142 valence electrons. The zero-order valence-corrected chi connectivity index (χ0v) is 15.5. The summed E-state index contributed by atoms with van der Waals surface area (Å²) in [7, 11) is 0. The number of hydrogen-bond donors (Lipinski definition) is 2. The average Bonchev–Trinajstić information content (AvgIpc) is 3.00. The molecule has 2 aromatic rings. The van der Waals surface area contributed by atoms with Gasteiger partial charge in [0.05, 0.1) is 12.3 Å². The van der Waals surface area contributed by atoms with Crippen molar-refractivity contribution < 1.29 is 13.9 Å². The second-order valence-electron chi connectivity index (χ2n) is 7.73. The lowest BCUT2D eigenvalue weighted by Gasteiger charge is -2.28. The summed E-state index contributed by atoms with van der Waals surface area (Å²) in [6, 6.07) is 13.3. The van der Waals surface area contributed by atoms with Gasteiger partial charge >= 0.3 is 6.09 Å². The minimum Gasteiger partial charge on any atom is -0.449 e. The lowest BCUT2D eigenvalue weighted by molar-refractivity contribution is 0.122.